The molecule has 0 amide bonds. The first-order chi connectivity index (χ1) is 6.09. The molecule has 0 bridgehead atoms. The summed E-state index contributed by atoms with van der Waals surface area (Å²) < 4.78 is 0. The predicted molar refractivity (Wildman–Crippen MR) is 60.4 cm³/mol. The van der Waals surface area contributed by atoms with Crippen molar-refractivity contribution in [2.75, 3.05) is 6.54 Å². The first kappa shape index (κ1) is 12.5. The Balaban J connectivity index is 3.87. The van der Waals surface area contributed by atoms with E-state index in [-0.39, 0.29) is 0 Å². The van der Waals surface area contributed by atoms with Crippen molar-refractivity contribution in [2.45, 2.75) is 59.5 Å². The average Bonchev–Trinajstić information content (AvgIpc) is 2.02. The van der Waals surface area contributed by atoms with Crippen molar-refractivity contribution in [1.82, 2.24) is 4.90 Å². The van der Waals surface area contributed by atoms with E-state index in [9.17, 15) is 0 Å². The monoisotopic (exact) mass is 184 g/mol. The minimum atomic E-state index is 0.547. The second-order valence-corrected chi connectivity index (χ2v) is 4.01. The fourth-order valence-electron chi connectivity index (χ4n) is 1.26. The van der Waals surface area contributed by atoms with Crippen molar-refractivity contribution in [3.05, 3.63) is 0 Å². The average molecular weight is 184 g/mol. The van der Waals surface area contributed by atoms with Crippen molar-refractivity contribution in [3.8, 4) is 0 Å². The molecule has 0 aromatic carbocycles. The van der Waals surface area contributed by atoms with Crippen LogP contribution in [0.5, 0.6) is 0 Å². The number of hydrogen-bond donors (Lipinski definition) is 0. The fourth-order valence-corrected chi connectivity index (χ4v) is 1.26. The molecule has 2 nitrogen and oxygen atoms in total. The molecule has 0 aromatic rings. The molecule has 0 saturated heterocycles. The molecule has 0 atom stereocenters. The Bertz CT molecular complexity index is 131. The maximum Gasteiger partial charge on any atom is 0.0854 e. The van der Waals surface area contributed by atoms with E-state index in [1.54, 1.807) is 0 Å². The quantitative estimate of drug-likeness (QED) is 0.352. The van der Waals surface area contributed by atoms with Gasteiger partial charge in [-0.15, -0.1) is 0 Å². The number of nitrogens with zero attached hydrogens (tertiary/aromatic N) is 2. The van der Waals surface area contributed by atoms with Crippen LogP contribution >= 0.6 is 0 Å². The second-order valence-electron chi connectivity index (χ2n) is 4.01. The van der Waals surface area contributed by atoms with E-state index in [1.807, 2.05) is 6.34 Å². The van der Waals surface area contributed by atoms with Crippen molar-refractivity contribution in [1.29, 1.82) is 0 Å². The van der Waals surface area contributed by atoms with Crippen molar-refractivity contribution in [3.63, 3.8) is 0 Å². The molecule has 0 unspecified atom stereocenters. The third kappa shape index (κ3) is 5.67. The Kier molecular flexibility index (Phi) is 6.65. The molecule has 0 rings (SSSR count). The van der Waals surface area contributed by atoms with E-state index < -0.39 is 0 Å². The normalized spacial score (nSPS) is 11.9. The van der Waals surface area contributed by atoms with Crippen LogP contribution in [0.3, 0.4) is 0 Å². The highest BCUT2D eigenvalue weighted by molar-refractivity contribution is 5.55. The van der Waals surface area contributed by atoms with Gasteiger partial charge in [-0.1, -0.05) is 13.3 Å². The number of aliphatic imine (C=N–C) groups is 1. The highest BCUT2D eigenvalue weighted by atomic mass is 15.2. The summed E-state index contributed by atoms with van der Waals surface area (Å²) in [5, 5.41) is 0. The van der Waals surface area contributed by atoms with Gasteiger partial charge in [-0.25, -0.2) is 0 Å². The van der Waals surface area contributed by atoms with Gasteiger partial charge in [0.1, 0.15) is 0 Å². The van der Waals surface area contributed by atoms with Gasteiger partial charge in [0.25, 0.3) is 0 Å². The Labute approximate surface area is 83.0 Å². The molecule has 0 N–H and O–H groups in total. The van der Waals surface area contributed by atoms with E-state index in [0.29, 0.717) is 12.1 Å². The van der Waals surface area contributed by atoms with Crippen LogP contribution in [0, 0.1) is 0 Å². The van der Waals surface area contributed by atoms with E-state index in [0.717, 1.165) is 6.54 Å². The lowest BCUT2D eigenvalue weighted by molar-refractivity contribution is 0.301. The van der Waals surface area contributed by atoms with Gasteiger partial charge in [0.15, 0.2) is 0 Å². The van der Waals surface area contributed by atoms with Gasteiger partial charge in [0.05, 0.1) is 6.34 Å². The Morgan fingerprint density at radius 3 is 2.08 bits per heavy atom. The molecule has 0 fully saturated rings. The van der Waals surface area contributed by atoms with Gasteiger partial charge in [0, 0.05) is 18.6 Å². The molecule has 13 heavy (non-hydrogen) atoms. The Morgan fingerprint density at radius 1 is 1.15 bits per heavy atom. The van der Waals surface area contributed by atoms with E-state index in [2.05, 4.69) is 44.5 Å². The van der Waals surface area contributed by atoms with Gasteiger partial charge < -0.3 is 4.90 Å². The van der Waals surface area contributed by atoms with Gasteiger partial charge in [-0.3, -0.25) is 4.99 Å². The molecular formula is C11H24N2. The molecule has 2 heteroatoms. The highest BCUT2D eigenvalue weighted by Gasteiger charge is 2.07. The van der Waals surface area contributed by atoms with Crippen LogP contribution in [-0.2, 0) is 0 Å². The molecule has 0 aliphatic rings. The van der Waals surface area contributed by atoms with E-state index in [4.69, 9.17) is 0 Å². The zero-order valence-corrected chi connectivity index (χ0v) is 9.75. The van der Waals surface area contributed by atoms with Crippen LogP contribution in [0.15, 0.2) is 4.99 Å². The maximum absolute atomic E-state index is 4.40. The van der Waals surface area contributed by atoms with Crippen molar-refractivity contribution in [2.24, 2.45) is 4.99 Å². The molecule has 0 spiro atoms. The molecule has 78 valence electrons. The van der Waals surface area contributed by atoms with E-state index >= 15 is 0 Å². The summed E-state index contributed by atoms with van der Waals surface area (Å²) in [6.07, 6.45) is 4.42. The third-order valence-corrected chi connectivity index (χ3v) is 2.05. The zero-order valence-electron chi connectivity index (χ0n) is 9.75. The molecular weight excluding hydrogens is 160 g/mol. The van der Waals surface area contributed by atoms with Gasteiger partial charge >= 0.3 is 0 Å². The maximum atomic E-state index is 4.40. The SMILES string of the molecule is CCCCN=CN(C(C)C)C(C)C. The van der Waals surface area contributed by atoms with Crippen LogP contribution in [0.1, 0.15) is 47.5 Å². The van der Waals surface area contributed by atoms with Gasteiger partial charge in [-0.2, -0.15) is 0 Å². The molecule has 0 aliphatic carbocycles. The first-order valence-electron chi connectivity index (χ1n) is 5.37. The minimum Gasteiger partial charge on any atom is -0.358 e. The van der Waals surface area contributed by atoms with E-state index in [1.165, 1.54) is 12.8 Å². The summed E-state index contributed by atoms with van der Waals surface area (Å²) in [4.78, 5) is 6.69. The van der Waals surface area contributed by atoms with Crippen LogP contribution in [0.4, 0.5) is 0 Å². The summed E-state index contributed by atoms with van der Waals surface area (Å²) in [5.41, 5.74) is 0. The summed E-state index contributed by atoms with van der Waals surface area (Å²) in [6.45, 7) is 12.0. The van der Waals surface area contributed by atoms with Crippen molar-refractivity contribution >= 4 is 6.34 Å². The van der Waals surface area contributed by atoms with Crippen molar-refractivity contribution < 1.29 is 0 Å². The lowest BCUT2D eigenvalue weighted by Gasteiger charge is -2.28. The topological polar surface area (TPSA) is 15.6 Å². The number of rotatable bonds is 6. The molecule has 0 radical (unpaired) electrons. The second kappa shape index (κ2) is 6.93. The molecule has 0 aromatic heterocycles. The number of unbranched alkanes of at least 4 members (excludes halogenated alkanes) is 1. The Morgan fingerprint density at radius 2 is 1.69 bits per heavy atom. The molecule has 0 saturated carbocycles. The Hall–Kier alpha value is -0.530. The summed E-state index contributed by atoms with van der Waals surface area (Å²) >= 11 is 0. The van der Waals surface area contributed by atoms with Crippen LogP contribution < -0.4 is 0 Å². The zero-order chi connectivity index (χ0) is 10.3. The highest BCUT2D eigenvalue weighted by Crippen LogP contribution is 2.01. The predicted octanol–water partition coefficient (Wildman–Crippen LogP) is 2.93. The van der Waals surface area contributed by atoms with Gasteiger partial charge in [-0.05, 0) is 34.1 Å². The van der Waals surface area contributed by atoms with Crippen LogP contribution in [-0.4, -0.2) is 29.9 Å². The van der Waals surface area contributed by atoms with Crippen LogP contribution in [0.2, 0.25) is 0 Å². The largest absolute Gasteiger partial charge is 0.358 e. The minimum absolute atomic E-state index is 0.547. The lowest BCUT2D eigenvalue weighted by Crippen LogP contribution is -2.35. The third-order valence-electron chi connectivity index (χ3n) is 2.05. The molecule has 0 heterocycles. The smallest absolute Gasteiger partial charge is 0.0854 e. The standard InChI is InChI=1S/C11H24N2/c1-6-7-8-12-9-13(10(2)3)11(4)5/h9-11H,6-8H2,1-5H3. The summed E-state index contributed by atoms with van der Waals surface area (Å²) in [6, 6.07) is 1.09. The summed E-state index contributed by atoms with van der Waals surface area (Å²) in [5.74, 6) is 0. The summed E-state index contributed by atoms with van der Waals surface area (Å²) in [7, 11) is 0. The van der Waals surface area contributed by atoms with Crippen LogP contribution in [0.25, 0.3) is 0 Å². The molecule has 0 aliphatic heterocycles. The van der Waals surface area contributed by atoms with Gasteiger partial charge in [0.2, 0.25) is 0 Å². The fraction of sp³-hybridized carbons (Fsp3) is 0.909. The number of hydrogen-bond acceptors (Lipinski definition) is 1. The first-order valence-corrected chi connectivity index (χ1v) is 5.37. The lowest BCUT2D eigenvalue weighted by atomic mass is 10.2.